The Morgan fingerprint density at radius 3 is 2.62 bits per heavy atom. The number of nitrogens with zero attached hydrogens (tertiary/aromatic N) is 1. The van der Waals surface area contributed by atoms with Gasteiger partial charge in [-0.2, -0.15) is 0 Å². The lowest BCUT2D eigenvalue weighted by molar-refractivity contribution is 0.0697. The molecule has 1 aliphatic heterocycles. The molecule has 2 aromatic carbocycles. The van der Waals surface area contributed by atoms with Crippen molar-refractivity contribution in [1.29, 1.82) is 0 Å². The molecule has 0 aromatic heterocycles. The first kappa shape index (κ1) is 17.9. The highest BCUT2D eigenvalue weighted by atomic mass is 19.1. The smallest absolute Gasteiger partial charge is 0.335 e. The van der Waals surface area contributed by atoms with Gasteiger partial charge < -0.3 is 15.3 Å². The third kappa shape index (κ3) is 4.02. The SMILES string of the molecule is CC1CC(c2cccc(F)c2)N(C(=O)NCc2ccc(C(=O)O)cc2)C1. The van der Waals surface area contributed by atoms with Crippen LogP contribution in [0, 0.1) is 11.7 Å². The number of hydrogen-bond acceptors (Lipinski definition) is 2. The van der Waals surface area contributed by atoms with E-state index in [4.69, 9.17) is 5.11 Å². The summed E-state index contributed by atoms with van der Waals surface area (Å²) in [6.07, 6.45) is 0.796. The number of aromatic carboxylic acids is 1. The predicted octanol–water partition coefficient (Wildman–Crippen LogP) is 3.82. The maximum absolute atomic E-state index is 13.5. The Morgan fingerprint density at radius 1 is 1.23 bits per heavy atom. The molecule has 2 N–H and O–H groups in total. The number of carbonyl (C=O) groups excluding carboxylic acids is 1. The van der Waals surface area contributed by atoms with Crippen LogP contribution in [0.3, 0.4) is 0 Å². The average molecular weight is 356 g/mol. The molecule has 5 nitrogen and oxygen atoms in total. The maximum Gasteiger partial charge on any atom is 0.335 e. The van der Waals surface area contributed by atoms with Crippen molar-refractivity contribution in [1.82, 2.24) is 10.2 Å². The van der Waals surface area contributed by atoms with E-state index < -0.39 is 5.97 Å². The van der Waals surface area contributed by atoms with Crippen molar-refractivity contribution in [3.05, 3.63) is 71.0 Å². The minimum absolute atomic E-state index is 0.143. The maximum atomic E-state index is 13.5. The highest BCUT2D eigenvalue weighted by molar-refractivity contribution is 5.87. The van der Waals surface area contributed by atoms with E-state index in [0.717, 1.165) is 17.5 Å². The van der Waals surface area contributed by atoms with Crippen LogP contribution in [-0.4, -0.2) is 28.6 Å². The Morgan fingerprint density at radius 2 is 1.96 bits per heavy atom. The third-order valence-corrected chi connectivity index (χ3v) is 4.65. The average Bonchev–Trinajstić information content (AvgIpc) is 3.02. The molecule has 1 aliphatic rings. The van der Waals surface area contributed by atoms with Crippen molar-refractivity contribution in [3.8, 4) is 0 Å². The van der Waals surface area contributed by atoms with Crippen molar-refractivity contribution in [3.63, 3.8) is 0 Å². The van der Waals surface area contributed by atoms with Gasteiger partial charge in [-0.3, -0.25) is 0 Å². The van der Waals surface area contributed by atoms with Crippen LogP contribution in [0.5, 0.6) is 0 Å². The van der Waals surface area contributed by atoms with E-state index in [1.165, 1.54) is 24.3 Å². The van der Waals surface area contributed by atoms with E-state index in [2.05, 4.69) is 12.2 Å². The standard InChI is InChI=1S/C20H21FN2O3/c1-13-9-18(16-3-2-4-17(21)10-16)23(12-13)20(26)22-11-14-5-7-15(8-6-14)19(24)25/h2-8,10,13,18H,9,11-12H2,1H3,(H,22,26)(H,24,25). The quantitative estimate of drug-likeness (QED) is 0.875. The van der Waals surface area contributed by atoms with Gasteiger partial charge in [0.2, 0.25) is 0 Å². The second-order valence-electron chi connectivity index (χ2n) is 6.72. The molecule has 0 spiro atoms. The summed E-state index contributed by atoms with van der Waals surface area (Å²) in [5, 5.41) is 11.8. The van der Waals surface area contributed by atoms with E-state index in [0.29, 0.717) is 19.0 Å². The van der Waals surface area contributed by atoms with Crippen molar-refractivity contribution >= 4 is 12.0 Å². The highest BCUT2D eigenvalue weighted by Crippen LogP contribution is 2.35. The van der Waals surface area contributed by atoms with Crippen molar-refractivity contribution in [2.24, 2.45) is 5.92 Å². The topological polar surface area (TPSA) is 69.6 Å². The first-order chi connectivity index (χ1) is 12.4. The van der Waals surface area contributed by atoms with Gasteiger partial charge in [-0.1, -0.05) is 31.2 Å². The van der Waals surface area contributed by atoms with E-state index >= 15 is 0 Å². The summed E-state index contributed by atoms with van der Waals surface area (Å²) in [5.74, 6) is -0.950. The zero-order valence-electron chi connectivity index (χ0n) is 14.5. The number of nitrogens with one attached hydrogen (secondary N) is 1. The van der Waals surface area contributed by atoms with Crippen LogP contribution >= 0.6 is 0 Å². The van der Waals surface area contributed by atoms with Crippen LogP contribution in [0.25, 0.3) is 0 Å². The van der Waals surface area contributed by atoms with Gasteiger partial charge in [0.25, 0.3) is 0 Å². The minimum Gasteiger partial charge on any atom is -0.478 e. The van der Waals surface area contributed by atoms with E-state index in [1.54, 1.807) is 23.1 Å². The zero-order valence-corrected chi connectivity index (χ0v) is 14.5. The molecule has 0 radical (unpaired) electrons. The number of carboxylic acids is 1. The molecule has 6 heteroatoms. The summed E-state index contributed by atoms with van der Waals surface area (Å²) in [6.45, 7) is 2.99. The molecule has 1 saturated heterocycles. The lowest BCUT2D eigenvalue weighted by Crippen LogP contribution is -2.39. The fourth-order valence-electron chi connectivity index (χ4n) is 3.34. The summed E-state index contributed by atoms with van der Waals surface area (Å²) < 4.78 is 13.5. The van der Waals surface area contributed by atoms with Gasteiger partial charge in [0.05, 0.1) is 11.6 Å². The summed E-state index contributed by atoms with van der Waals surface area (Å²) in [4.78, 5) is 25.3. The summed E-state index contributed by atoms with van der Waals surface area (Å²) in [6, 6.07) is 12.4. The number of hydrogen-bond donors (Lipinski definition) is 2. The van der Waals surface area contributed by atoms with Gasteiger partial charge in [0.1, 0.15) is 5.82 Å². The second-order valence-corrected chi connectivity index (χ2v) is 6.72. The van der Waals surface area contributed by atoms with Crippen LogP contribution in [0.4, 0.5) is 9.18 Å². The summed E-state index contributed by atoms with van der Waals surface area (Å²) in [5.41, 5.74) is 1.83. The van der Waals surface area contributed by atoms with Gasteiger partial charge in [-0.25, -0.2) is 14.0 Å². The number of halogens is 1. The number of likely N-dealkylation sites (tertiary alicyclic amines) is 1. The molecule has 2 atom stereocenters. The number of benzene rings is 2. The fourth-order valence-corrected chi connectivity index (χ4v) is 3.34. The Labute approximate surface area is 151 Å². The number of urea groups is 1. The number of carboxylic acid groups (broad SMARTS) is 1. The molecule has 136 valence electrons. The minimum atomic E-state index is -0.982. The molecule has 2 amide bonds. The molecule has 2 unspecified atom stereocenters. The van der Waals surface area contributed by atoms with Gasteiger partial charge in [-0.15, -0.1) is 0 Å². The van der Waals surface area contributed by atoms with Gasteiger partial charge >= 0.3 is 12.0 Å². The van der Waals surface area contributed by atoms with Gasteiger partial charge in [0.15, 0.2) is 0 Å². The van der Waals surface area contributed by atoms with Crippen LogP contribution in [0.2, 0.25) is 0 Å². The van der Waals surface area contributed by atoms with E-state index in [9.17, 15) is 14.0 Å². The lowest BCUT2D eigenvalue weighted by Gasteiger charge is -2.25. The third-order valence-electron chi connectivity index (χ3n) is 4.65. The molecule has 1 heterocycles. The molecule has 1 fully saturated rings. The molecule has 0 aliphatic carbocycles. The number of carbonyl (C=O) groups is 2. The van der Waals surface area contributed by atoms with Crippen LogP contribution < -0.4 is 5.32 Å². The molecule has 2 aromatic rings. The van der Waals surface area contributed by atoms with Crippen molar-refractivity contribution in [2.75, 3.05) is 6.54 Å². The van der Waals surface area contributed by atoms with Crippen LogP contribution in [-0.2, 0) is 6.54 Å². The first-order valence-corrected chi connectivity index (χ1v) is 8.56. The summed E-state index contributed by atoms with van der Waals surface area (Å²) >= 11 is 0. The normalized spacial score (nSPS) is 19.4. The van der Waals surface area contributed by atoms with Crippen molar-refractivity contribution < 1.29 is 19.1 Å². The van der Waals surface area contributed by atoms with E-state index in [-0.39, 0.29) is 23.5 Å². The Balaban J connectivity index is 1.66. The van der Waals surface area contributed by atoms with Crippen LogP contribution in [0.15, 0.2) is 48.5 Å². The molecule has 0 bridgehead atoms. The Hall–Kier alpha value is -2.89. The van der Waals surface area contributed by atoms with Gasteiger partial charge in [-0.05, 0) is 47.7 Å². The predicted molar refractivity (Wildman–Crippen MR) is 95.3 cm³/mol. The molecule has 0 saturated carbocycles. The highest BCUT2D eigenvalue weighted by Gasteiger charge is 2.34. The number of amides is 2. The molecular weight excluding hydrogens is 335 g/mol. The second kappa shape index (κ2) is 7.56. The number of rotatable bonds is 4. The Kier molecular flexibility index (Phi) is 5.21. The molecule has 3 rings (SSSR count). The monoisotopic (exact) mass is 356 g/mol. The molecular formula is C20H21FN2O3. The largest absolute Gasteiger partial charge is 0.478 e. The zero-order chi connectivity index (χ0) is 18.7. The van der Waals surface area contributed by atoms with Gasteiger partial charge in [0, 0.05) is 13.1 Å². The molecule has 26 heavy (non-hydrogen) atoms. The summed E-state index contributed by atoms with van der Waals surface area (Å²) in [7, 11) is 0. The Bertz CT molecular complexity index is 807. The van der Waals surface area contributed by atoms with E-state index in [1.807, 2.05) is 6.07 Å². The lowest BCUT2D eigenvalue weighted by atomic mass is 10.0. The van der Waals surface area contributed by atoms with Crippen LogP contribution in [0.1, 0.15) is 40.9 Å². The van der Waals surface area contributed by atoms with Crippen molar-refractivity contribution in [2.45, 2.75) is 25.9 Å². The first-order valence-electron chi connectivity index (χ1n) is 8.56. The fraction of sp³-hybridized carbons (Fsp3) is 0.300.